The van der Waals surface area contributed by atoms with Crippen molar-refractivity contribution in [3.63, 3.8) is 0 Å². The van der Waals surface area contributed by atoms with Gasteiger partial charge in [-0.05, 0) is 137 Å². The molecule has 8 rings (SSSR count). The van der Waals surface area contributed by atoms with Gasteiger partial charge in [-0.2, -0.15) is 0 Å². The van der Waals surface area contributed by atoms with Crippen LogP contribution in [0.2, 0.25) is 0 Å². The molecule has 0 aliphatic carbocycles. The third-order valence-electron chi connectivity index (χ3n) is 20.8. The topological polar surface area (TPSA) is 0 Å². The number of hydrogen-bond donors (Lipinski definition) is 0. The van der Waals surface area contributed by atoms with Crippen LogP contribution < -0.4 is 0 Å². The van der Waals surface area contributed by atoms with Crippen LogP contribution >= 0.6 is 31.9 Å². The Kier molecular flexibility index (Phi) is 34.1. The molecule has 0 radical (unpaired) electrons. The summed E-state index contributed by atoms with van der Waals surface area (Å²) in [6, 6.07) is 57.2. The maximum absolute atomic E-state index is 4.04. The highest BCUT2D eigenvalue weighted by atomic mass is 79.9. The molecule has 0 aromatic heterocycles. The maximum Gasteiger partial charge on any atom is 0.0181 e. The number of rotatable bonds is 48. The minimum Gasteiger partial charge on any atom is -0.0654 e. The van der Waals surface area contributed by atoms with Gasteiger partial charge in [0.25, 0.3) is 0 Å². The van der Waals surface area contributed by atoms with E-state index in [0.717, 1.165) is 20.8 Å². The van der Waals surface area contributed by atoms with E-state index < -0.39 is 0 Å². The highest BCUT2D eigenvalue weighted by Gasteiger charge is 2.28. The van der Waals surface area contributed by atoms with E-state index in [1.54, 1.807) is 0 Å². The lowest BCUT2D eigenvalue weighted by Crippen LogP contribution is -2.06. The number of hydrogen-bond acceptors (Lipinski definition) is 0. The SMILES string of the molecule is CCCCCCCCCCCCC(CCCCCCCCCC)Cc1ccc(-c2c(-c3ccc(CC(CCCCCCCCCC)CCCCCCCCCCCC)cc3)c(-c3ccccc3)c3c4cc(Br)ccc4c4ccc(Br)cc4c3c2-c2ccccc2)cc1. The smallest absolute Gasteiger partial charge is 0.0181 e. The lowest BCUT2D eigenvalue weighted by molar-refractivity contribution is 0.400. The summed E-state index contributed by atoms with van der Waals surface area (Å²) in [6.07, 6.45) is 57.9. The van der Waals surface area contributed by atoms with Crippen LogP contribution in [-0.2, 0) is 12.8 Å². The Balaban J connectivity index is 1.19. The molecular formula is C90H122Br2. The first kappa shape index (κ1) is 73.3. The summed E-state index contributed by atoms with van der Waals surface area (Å²) in [5.41, 5.74) is 13.3. The zero-order valence-electron chi connectivity index (χ0n) is 58.5. The van der Waals surface area contributed by atoms with Gasteiger partial charge in [-0.1, -0.05) is 438 Å². The van der Waals surface area contributed by atoms with E-state index in [9.17, 15) is 0 Å². The first-order valence-corrected chi connectivity index (χ1v) is 40.1. The van der Waals surface area contributed by atoms with Crippen molar-refractivity contribution in [2.24, 2.45) is 11.8 Å². The summed E-state index contributed by atoms with van der Waals surface area (Å²) in [4.78, 5) is 0. The standard InChI is InChI=1S/C90H122Br2/c1-5-9-13-17-21-25-27-31-35-41-49-71(47-39-33-29-23-19-15-11-7-3)67-73-55-59-77(60-56-73)85-86(78-61-57-74(58-62-78)68-72(48-40-34-30-24-20-16-12-8-4)50-42-36-32-28-26-22-18-14-10-6-2)88(76-53-45-38-46-54-76)90-84-70-80(92)64-66-82(84)81-65-63-79(91)69-83(81)89(90)87(85)75-51-43-37-44-52-75/h37-38,43-46,51-66,69-72H,5-36,39-42,47-50,67-68H2,1-4H3. The van der Waals surface area contributed by atoms with Gasteiger partial charge in [-0.3, -0.25) is 0 Å². The van der Waals surface area contributed by atoms with E-state index in [4.69, 9.17) is 0 Å². The van der Waals surface area contributed by atoms with Crippen LogP contribution in [0.5, 0.6) is 0 Å². The van der Waals surface area contributed by atoms with Crippen LogP contribution in [0.25, 0.3) is 76.8 Å². The fourth-order valence-corrected chi connectivity index (χ4v) is 16.2. The van der Waals surface area contributed by atoms with E-state index in [0.29, 0.717) is 0 Å². The molecule has 0 aliphatic rings. The molecule has 0 heterocycles. The molecule has 0 N–H and O–H groups in total. The number of unbranched alkanes of at least 4 members (excludes halogenated alkanes) is 32. The van der Waals surface area contributed by atoms with E-state index >= 15 is 0 Å². The molecular weight excluding hydrogens is 1240 g/mol. The van der Waals surface area contributed by atoms with Crippen molar-refractivity contribution in [3.8, 4) is 44.5 Å². The minimum atomic E-state index is 0.724. The molecule has 8 aromatic rings. The molecule has 0 nitrogen and oxygen atoms in total. The van der Waals surface area contributed by atoms with Crippen molar-refractivity contribution in [2.45, 2.75) is 297 Å². The van der Waals surface area contributed by atoms with Crippen molar-refractivity contribution < 1.29 is 0 Å². The van der Waals surface area contributed by atoms with Gasteiger partial charge in [0.15, 0.2) is 0 Å². The average molecular weight is 1360 g/mol. The van der Waals surface area contributed by atoms with Gasteiger partial charge >= 0.3 is 0 Å². The van der Waals surface area contributed by atoms with Gasteiger partial charge in [0.2, 0.25) is 0 Å². The zero-order chi connectivity index (χ0) is 64.2. The molecule has 8 aromatic carbocycles. The second kappa shape index (κ2) is 42.8. The third kappa shape index (κ3) is 23.4. The molecule has 2 atom stereocenters. The Hall–Kier alpha value is -4.50. The number of benzene rings is 8. The fraction of sp³-hybridized carbons (Fsp3) is 0.533. The van der Waals surface area contributed by atoms with Crippen LogP contribution in [0.1, 0.15) is 296 Å². The molecule has 2 heteroatoms. The Morgan fingerprint density at radius 3 is 0.761 bits per heavy atom. The summed E-state index contributed by atoms with van der Waals surface area (Å²) in [6.45, 7) is 9.32. The van der Waals surface area contributed by atoms with Gasteiger partial charge in [-0.25, -0.2) is 0 Å². The van der Waals surface area contributed by atoms with Crippen LogP contribution in [0.4, 0.5) is 0 Å². The van der Waals surface area contributed by atoms with Crippen LogP contribution in [-0.4, -0.2) is 0 Å². The lowest BCUT2D eigenvalue weighted by Gasteiger charge is -2.27. The van der Waals surface area contributed by atoms with Crippen molar-refractivity contribution in [2.75, 3.05) is 0 Å². The molecule has 2 unspecified atom stereocenters. The predicted octanol–water partition coefficient (Wildman–Crippen LogP) is 31.3. The average Bonchev–Trinajstić information content (AvgIpc) is 0.704. The monoisotopic (exact) mass is 1360 g/mol. The van der Waals surface area contributed by atoms with Gasteiger partial charge in [0, 0.05) is 8.95 Å². The largest absolute Gasteiger partial charge is 0.0654 e. The molecule has 0 fully saturated rings. The van der Waals surface area contributed by atoms with Gasteiger partial charge < -0.3 is 0 Å². The highest BCUT2D eigenvalue weighted by molar-refractivity contribution is 9.10. The molecule has 0 spiro atoms. The molecule has 0 saturated heterocycles. The second-order valence-electron chi connectivity index (χ2n) is 28.4. The molecule has 0 aliphatic heterocycles. The van der Waals surface area contributed by atoms with Crippen molar-refractivity contribution in [3.05, 3.63) is 166 Å². The number of halogens is 2. The summed E-state index contributed by atoms with van der Waals surface area (Å²) in [5, 5.41) is 7.74. The van der Waals surface area contributed by atoms with E-state index in [1.165, 1.54) is 358 Å². The Morgan fingerprint density at radius 2 is 0.489 bits per heavy atom. The zero-order valence-corrected chi connectivity index (χ0v) is 61.6. The summed E-state index contributed by atoms with van der Waals surface area (Å²) < 4.78 is 2.20. The summed E-state index contributed by atoms with van der Waals surface area (Å²) in [7, 11) is 0. The van der Waals surface area contributed by atoms with Crippen LogP contribution in [0.15, 0.2) is 155 Å². The Bertz CT molecular complexity index is 3060. The van der Waals surface area contributed by atoms with Gasteiger partial charge in [0.1, 0.15) is 0 Å². The molecule has 0 saturated carbocycles. The first-order chi connectivity index (χ1) is 45.4. The number of fused-ring (bicyclic) bond motifs is 6. The maximum atomic E-state index is 4.04. The molecule has 0 amide bonds. The van der Waals surface area contributed by atoms with Gasteiger partial charge in [0.05, 0.1) is 0 Å². The Morgan fingerprint density at radius 1 is 0.239 bits per heavy atom. The lowest BCUT2D eigenvalue weighted by atomic mass is 9.76. The van der Waals surface area contributed by atoms with Crippen LogP contribution in [0.3, 0.4) is 0 Å². The molecule has 0 bridgehead atoms. The van der Waals surface area contributed by atoms with Crippen LogP contribution in [0, 0.1) is 11.8 Å². The summed E-state index contributed by atoms with van der Waals surface area (Å²) in [5.74, 6) is 1.45. The second-order valence-corrected chi connectivity index (χ2v) is 30.2. The quantitative estimate of drug-likeness (QED) is 0.0263. The molecule has 92 heavy (non-hydrogen) atoms. The normalized spacial score (nSPS) is 12.5. The minimum absolute atomic E-state index is 0.724. The predicted molar refractivity (Wildman–Crippen MR) is 418 cm³/mol. The third-order valence-corrected chi connectivity index (χ3v) is 21.8. The van der Waals surface area contributed by atoms with Crippen molar-refractivity contribution in [1.82, 2.24) is 0 Å². The first-order valence-electron chi connectivity index (χ1n) is 38.6. The van der Waals surface area contributed by atoms with E-state index in [-0.39, 0.29) is 0 Å². The Labute approximate surface area is 579 Å². The highest BCUT2D eigenvalue weighted by Crippen LogP contribution is 2.55. The van der Waals surface area contributed by atoms with E-state index in [1.807, 2.05) is 0 Å². The fourth-order valence-electron chi connectivity index (χ4n) is 15.5. The van der Waals surface area contributed by atoms with Crippen molar-refractivity contribution in [1.29, 1.82) is 0 Å². The van der Waals surface area contributed by atoms with Gasteiger partial charge in [-0.15, -0.1) is 0 Å². The van der Waals surface area contributed by atoms with E-state index in [2.05, 4.69) is 205 Å². The van der Waals surface area contributed by atoms with Crippen molar-refractivity contribution >= 4 is 64.2 Å². The molecule has 496 valence electrons. The summed E-state index contributed by atoms with van der Waals surface area (Å²) >= 11 is 8.07.